The second kappa shape index (κ2) is 7.20. The number of nitriles is 1. The van der Waals surface area contributed by atoms with Crippen LogP contribution in [0.5, 0.6) is 0 Å². The molecule has 0 heterocycles. The molecule has 0 saturated heterocycles. The number of nitrogens with zero attached hydrogens (tertiary/aromatic N) is 1. The van der Waals surface area contributed by atoms with E-state index in [0.717, 1.165) is 0 Å². The molecule has 0 saturated carbocycles. The van der Waals surface area contributed by atoms with Crippen LogP contribution >= 0.6 is 0 Å². The summed E-state index contributed by atoms with van der Waals surface area (Å²) in [6.45, 7) is 4.87. The highest BCUT2D eigenvalue weighted by Crippen LogP contribution is 2.09. The molecule has 1 amide bonds. The Labute approximate surface area is 101 Å². The van der Waals surface area contributed by atoms with Crippen LogP contribution < -0.4 is 10.6 Å². The summed E-state index contributed by atoms with van der Waals surface area (Å²) in [4.78, 5) is 11.5. The lowest BCUT2D eigenvalue weighted by Gasteiger charge is -2.05. The Morgan fingerprint density at radius 1 is 1.53 bits per heavy atom. The Kier molecular flexibility index (Phi) is 5.49. The summed E-state index contributed by atoms with van der Waals surface area (Å²) in [5.41, 5.74) is 1.19. The van der Waals surface area contributed by atoms with E-state index in [1.54, 1.807) is 30.3 Å². The van der Waals surface area contributed by atoms with Crippen LogP contribution in [0.15, 0.2) is 36.9 Å². The number of hydrogen-bond donors (Lipinski definition) is 2. The molecular formula is C13H15N3O. The fraction of sp³-hybridized carbons (Fsp3) is 0.231. The first-order valence-electron chi connectivity index (χ1n) is 5.38. The van der Waals surface area contributed by atoms with Gasteiger partial charge in [-0.1, -0.05) is 12.1 Å². The molecule has 1 aromatic rings. The van der Waals surface area contributed by atoms with E-state index in [0.29, 0.717) is 30.8 Å². The summed E-state index contributed by atoms with van der Waals surface area (Å²) in [7, 11) is 0. The fourth-order valence-electron chi connectivity index (χ4n) is 1.30. The van der Waals surface area contributed by atoms with E-state index < -0.39 is 0 Å². The fourth-order valence-corrected chi connectivity index (χ4v) is 1.30. The highest BCUT2D eigenvalue weighted by molar-refractivity contribution is 5.90. The molecule has 0 aliphatic heterocycles. The normalized spacial score (nSPS) is 9.35. The van der Waals surface area contributed by atoms with Crippen LogP contribution in [0.2, 0.25) is 0 Å². The Bertz CT molecular complexity index is 435. The number of carbonyl (C=O) groups excluding carboxylic acids is 1. The minimum Gasteiger partial charge on any atom is -0.326 e. The zero-order valence-electron chi connectivity index (χ0n) is 9.57. The molecule has 0 fully saturated rings. The molecule has 0 radical (unpaired) electrons. The third-order valence-electron chi connectivity index (χ3n) is 2.09. The number of carbonyl (C=O) groups is 1. The maximum absolute atomic E-state index is 11.5. The first kappa shape index (κ1) is 12.9. The van der Waals surface area contributed by atoms with Gasteiger partial charge in [-0.05, 0) is 18.2 Å². The number of hydrogen-bond acceptors (Lipinski definition) is 3. The van der Waals surface area contributed by atoms with Crippen LogP contribution in [0.25, 0.3) is 0 Å². The molecule has 2 N–H and O–H groups in total. The molecule has 0 spiro atoms. The smallest absolute Gasteiger partial charge is 0.225 e. The van der Waals surface area contributed by atoms with Gasteiger partial charge in [-0.15, -0.1) is 6.58 Å². The molecule has 88 valence electrons. The van der Waals surface area contributed by atoms with E-state index in [9.17, 15) is 4.79 Å². The monoisotopic (exact) mass is 229 g/mol. The average molecular weight is 229 g/mol. The Balaban J connectivity index is 2.40. The van der Waals surface area contributed by atoms with Crippen molar-refractivity contribution in [1.82, 2.24) is 5.32 Å². The van der Waals surface area contributed by atoms with E-state index in [1.807, 2.05) is 6.07 Å². The van der Waals surface area contributed by atoms with Gasteiger partial charge in [-0.3, -0.25) is 4.79 Å². The molecule has 0 aliphatic rings. The maximum Gasteiger partial charge on any atom is 0.225 e. The molecule has 4 nitrogen and oxygen atoms in total. The van der Waals surface area contributed by atoms with Gasteiger partial charge in [0.2, 0.25) is 5.91 Å². The molecule has 1 rings (SSSR count). The first-order chi connectivity index (χ1) is 8.26. The minimum atomic E-state index is -0.0725. The van der Waals surface area contributed by atoms with Gasteiger partial charge < -0.3 is 10.6 Å². The van der Waals surface area contributed by atoms with Gasteiger partial charge in [0, 0.05) is 25.2 Å². The van der Waals surface area contributed by atoms with Gasteiger partial charge in [0.05, 0.1) is 11.6 Å². The summed E-state index contributed by atoms with van der Waals surface area (Å²) in [6.07, 6.45) is 2.14. The lowest BCUT2D eigenvalue weighted by Crippen LogP contribution is -2.21. The van der Waals surface area contributed by atoms with Crippen molar-refractivity contribution >= 4 is 11.6 Å². The van der Waals surface area contributed by atoms with E-state index in [4.69, 9.17) is 5.26 Å². The molecular weight excluding hydrogens is 214 g/mol. The Morgan fingerprint density at radius 2 is 2.35 bits per heavy atom. The number of rotatable bonds is 6. The van der Waals surface area contributed by atoms with Gasteiger partial charge in [0.15, 0.2) is 0 Å². The molecule has 0 bridgehead atoms. The van der Waals surface area contributed by atoms with Crippen LogP contribution in [-0.4, -0.2) is 19.0 Å². The van der Waals surface area contributed by atoms with Crippen LogP contribution in [-0.2, 0) is 4.79 Å². The summed E-state index contributed by atoms with van der Waals surface area (Å²) < 4.78 is 0. The minimum absolute atomic E-state index is 0.0725. The van der Waals surface area contributed by atoms with Crippen LogP contribution in [0.4, 0.5) is 5.69 Å². The van der Waals surface area contributed by atoms with Crippen molar-refractivity contribution in [2.24, 2.45) is 0 Å². The van der Waals surface area contributed by atoms with E-state index in [2.05, 4.69) is 17.2 Å². The molecule has 1 aromatic carbocycles. The van der Waals surface area contributed by atoms with Crippen molar-refractivity contribution < 1.29 is 4.79 Å². The molecule has 0 aromatic heterocycles. The third kappa shape index (κ3) is 4.96. The van der Waals surface area contributed by atoms with Crippen LogP contribution in [0.1, 0.15) is 12.0 Å². The van der Waals surface area contributed by atoms with Gasteiger partial charge >= 0.3 is 0 Å². The predicted octanol–water partition coefficient (Wildman–Crippen LogP) is 1.66. The van der Waals surface area contributed by atoms with Crippen molar-refractivity contribution in [3.8, 4) is 6.07 Å². The summed E-state index contributed by atoms with van der Waals surface area (Å²) in [6, 6.07) is 8.87. The van der Waals surface area contributed by atoms with Gasteiger partial charge in [-0.2, -0.15) is 5.26 Å². The number of amides is 1. The highest BCUT2D eigenvalue weighted by Gasteiger charge is 2.02. The SMILES string of the molecule is C=CCNCCC(=O)Nc1cccc(C#N)c1. The second-order valence-corrected chi connectivity index (χ2v) is 3.48. The largest absolute Gasteiger partial charge is 0.326 e. The molecule has 4 heteroatoms. The lowest BCUT2D eigenvalue weighted by molar-refractivity contribution is -0.116. The van der Waals surface area contributed by atoms with Crippen LogP contribution in [0, 0.1) is 11.3 Å². The van der Waals surface area contributed by atoms with Crippen molar-refractivity contribution in [3.63, 3.8) is 0 Å². The first-order valence-corrected chi connectivity index (χ1v) is 5.38. The van der Waals surface area contributed by atoms with E-state index in [1.165, 1.54) is 0 Å². The van der Waals surface area contributed by atoms with Crippen molar-refractivity contribution in [2.45, 2.75) is 6.42 Å². The topological polar surface area (TPSA) is 64.9 Å². The van der Waals surface area contributed by atoms with Crippen LogP contribution in [0.3, 0.4) is 0 Å². The molecule has 17 heavy (non-hydrogen) atoms. The van der Waals surface area contributed by atoms with E-state index in [-0.39, 0.29) is 5.91 Å². The molecule has 0 aliphatic carbocycles. The lowest BCUT2D eigenvalue weighted by atomic mass is 10.2. The zero-order valence-corrected chi connectivity index (χ0v) is 9.57. The number of benzene rings is 1. The predicted molar refractivity (Wildman–Crippen MR) is 67.5 cm³/mol. The summed E-state index contributed by atoms with van der Waals surface area (Å²) >= 11 is 0. The van der Waals surface area contributed by atoms with E-state index >= 15 is 0 Å². The van der Waals surface area contributed by atoms with Gasteiger partial charge in [-0.25, -0.2) is 0 Å². The summed E-state index contributed by atoms with van der Waals surface area (Å²) in [5, 5.41) is 14.5. The Morgan fingerprint density at radius 3 is 3.06 bits per heavy atom. The van der Waals surface area contributed by atoms with Gasteiger partial charge in [0.25, 0.3) is 0 Å². The number of nitrogens with one attached hydrogen (secondary N) is 2. The second-order valence-electron chi connectivity index (χ2n) is 3.48. The molecule has 0 unspecified atom stereocenters. The quantitative estimate of drug-likeness (QED) is 0.576. The highest BCUT2D eigenvalue weighted by atomic mass is 16.1. The van der Waals surface area contributed by atoms with Crippen molar-refractivity contribution in [1.29, 1.82) is 5.26 Å². The Hall–Kier alpha value is -2.12. The standard InChI is InChI=1S/C13H15N3O/c1-2-7-15-8-6-13(17)16-12-5-3-4-11(9-12)10-14/h2-5,9,15H,1,6-8H2,(H,16,17). The summed E-state index contributed by atoms with van der Waals surface area (Å²) in [5.74, 6) is -0.0725. The third-order valence-corrected chi connectivity index (χ3v) is 2.09. The van der Waals surface area contributed by atoms with Gasteiger partial charge in [0.1, 0.15) is 0 Å². The zero-order chi connectivity index (χ0) is 12.5. The average Bonchev–Trinajstić information content (AvgIpc) is 2.35. The van der Waals surface area contributed by atoms with Crippen molar-refractivity contribution in [2.75, 3.05) is 18.4 Å². The maximum atomic E-state index is 11.5. The van der Waals surface area contributed by atoms with Crippen molar-refractivity contribution in [3.05, 3.63) is 42.5 Å². The number of anilines is 1. The molecule has 0 atom stereocenters.